The number of aromatic nitrogens is 1. The number of carbonyl (C=O) groups is 2. The van der Waals surface area contributed by atoms with Crippen LogP contribution in [0, 0.1) is 5.82 Å². The molecule has 0 saturated heterocycles. The van der Waals surface area contributed by atoms with Crippen LogP contribution in [-0.2, 0) is 0 Å². The van der Waals surface area contributed by atoms with Crippen molar-refractivity contribution < 1.29 is 14.0 Å². The monoisotopic (exact) mass is 428 g/mol. The number of nitrogens with zero attached hydrogens (tertiary/aromatic N) is 2. The van der Waals surface area contributed by atoms with Gasteiger partial charge in [-0.1, -0.05) is 35.9 Å². The van der Waals surface area contributed by atoms with Crippen molar-refractivity contribution in [3.63, 3.8) is 0 Å². The standard InChI is InChI=1S/C22H22ClFN4O2/c1-4-28(22(30)27-14-9-10-19(24)18(23)11-14)13(2)17-12-26-20(21(29)25-3)16-8-6-5-7-15(16)17/h5-13H,4H2,1-3H3,(H,25,29)(H,27,30)/t13-/m0/s1. The van der Waals surface area contributed by atoms with Gasteiger partial charge in [-0.3, -0.25) is 9.78 Å². The predicted molar refractivity (Wildman–Crippen MR) is 116 cm³/mol. The van der Waals surface area contributed by atoms with Crippen molar-refractivity contribution in [3.05, 3.63) is 70.8 Å². The quantitative estimate of drug-likeness (QED) is 0.600. The van der Waals surface area contributed by atoms with Crippen LogP contribution in [0.5, 0.6) is 0 Å². The average molecular weight is 429 g/mol. The van der Waals surface area contributed by atoms with Crippen LogP contribution in [0.3, 0.4) is 0 Å². The molecular formula is C22H22ClFN4O2. The number of hydrogen-bond acceptors (Lipinski definition) is 3. The first kappa shape index (κ1) is 21.5. The fourth-order valence-corrected chi connectivity index (χ4v) is 3.56. The highest BCUT2D eigenvalue weighted by Gasteiger charge is 2.24. The number of halogens is 2. The zero-order valence-corrected chi connectivity index (χ0v) is 17.6. The molecule has 3 aromatic rings. The smallest absolute Gasteiger partial charge is 0.322 e. The van der Waals surface area contributed by atoms with E-state index in [4.69, 9.17) is 11.6 Å². The topological polar surface area (TPSA) is 74.3 Å². The Bertz CT molecular complexity index is 1110. The van der Waals surface area contributed by atoms with E-state index in [1.807, 2.05) is 38.1 Å². The first-order valence-electron chi connectivity index (χ1n) is 9.49. The lowest BCUT2D eigenvalue weighted by molar-refractivity contribution is 0.0960. The predicted octanol–water partition coefficient (Wildman–Crippen LogP) is 5.00. The molecule has 0 aliphatic carbocycles. The molecule has 1 atom stereocenters. The number of anilines is 1. The van der Waals surface area contributed by atoms with Gasteiger partial charge in [-0.25, -0.2) is 9.18 Å². The van der Waals surface area contributed by atoms with E-state index in [9.17, 15) is 14.0 Å². The number of amides is 3. The SMILES string of the molecule is CCN(C(=O)Nc1ccc(F)c(Cl)c1)[C@@H](C)c1cnc(C(=O)NC)c2ccccc12. The molecule has 0 aliphatic rings. The molecule has 2 N–H and O–H groups in total. The molecule has 0 radical (unpaired) electrons. The summed E-state index contributed by atoms with van der Waals surface area (Å²) in [5.41, 5.74) is 1.54. The van der Waals surface area contributed by atoms with Gasteiger partial charge in [0.2, 0.25) is 0 Å². The Morgan fingerprint density at radius 3 is 2.53 bits per heavy atom. The van der Waals surface area contributed by atoms with Crippen LogP contribution in [0.2, 0.25) is 5.02 Å². The average Bonchev–Trinajstić information content (AvgIpc) is 2.75. The number of fused-ring (bicyclic) bond motifs is 1. The number of urea groups is 1. The van der Waals surface area contributed by atoms with Crippen LogP contribution in [-0.4, -0.2) is 35.4 Å². The van der Waals surface area contributed by atoms with Gasteiger partial charge < -0.3 is 15.5 Å². The molecule has 6 nitrogen and oxygen atoms in total. The van der Waals surface area contributed by atoms with Gasteiger partial charge in [-0.15, -0.1) is 0 Å². The fourth-order valence-electron chi connectivity index (χ4n) is 3.38. The molecule has 30 heavy (non-hydrogen) atoms. The second kappa shape index (κ2) is 9.09. The summed E-state index contributed by atoms with van der Waals surface area (Å²) in [5.74, 6) is -0.826. The molecule has 1 heterocycles. The van der Waals surface area contributed by atoms with Crippen LogP contribution in [0.25, 0.3) is 10.8 Å². The third kappa shape index (κ3) is 4.21. The van der Waals surface area contributed by atoms with Gasteiger partial charge in [0.1, 0.15) is 11.5 Å². The number of nitrogens with one attached hydrogen (secondary N) is 2. The Balaban J connectivity index is 1.94. The van der Waals surface area contributed by atoms with Gasteiger partial charge in [0.15, 0.2) is 0 Å². The van der Waals surface area contributed by atoms with E-state index in [1.165, 1.54) is 18.2 Å². The van der Waals surface area contributed by atoms with Crippen LogP contribution >= 0.6 is 11.6 Å². The molecule has 3 rings (SSSR count). The maximum atomic E-state index is 13.4. The maximum absolute atomic E-state index is 13.4. The highest BCUT2D eigenvalue weighted by atomic mass is 35.5. The Kier molecular flexibility index (Phi) is 6.52. The van der Waals surface area contributed by atoms with Gasteiger partial charge in [0.05, 0.1) is 11.1 Å². The van der Waals surface area contributed by atoms with Crippen molar-refractivity contribution in [1.82, 2.24) is 15.2 Å². The van der Waals surface area contributed by atoms with Crippen molar-refractivity contribution in [2.24, 2.45) is 0 Å². The van der Waals surface area contributed by atoms with E-state index in [2.05, 4.69) is 15.6 Å². The Labute approximate surface area is 179 Å². The van der Waals surface area contributed by atoms with Crippen LogP contribution in [0.4, 0.5) is 14.9 Å². The molecule has 1 aromatic heterocycles. The van der Waals surface area contributed by atoms with E-state index in [0.717, 1.165) is 10.9 Å². The fraction of sp³-hybridized carbons (Fsp3) is 0.227. The number of carbonyl (C=O) groups excluding carboxylic acids is 2. The molecule has 0 unspecified atom stereocenters. The molecule has 3 amide bonds. The summed E-state index contributed by atoms with van der Waals surface area (Å²) in [5, 5.41) is 6.83. The molecule has 0 bridgehead atoms. The van der Waals surface area contributed by atoms with Crippen molar-refractivity contribution in [2.75, 3.05) is 18.9 Å². The minimum atomic E-state index is -0.552. The minimum Gasteiger partial charge on any atom is -0.354 e. The van der Waals surface area contributed by atoms with Gasteiger partial charge in [0, 0.05) is 36.4 Å². The molecule has 2 aromatic carbocycles. The number of rotatable bonds is 5. The van der Waals surface area contributed by atoms with Crippen molar-refractivity contribution in [2.45, 2.75) is 19.9 Å². The summed E-state index contributed by atoms with van der Waals surface area (Å²) in [4.78, 5) is 31.1. The van der Waals surface area contributed by atoms with E-state index in [1.54, 1.807) is 18.1 Å². The molecular weight excluding hydrogens is 407 g/mol. The maximum Gasteiger partial charge on any atom is 0.322 e. The first-order valence-corrected chi connectivity index (χ1v) is 9.87. The molecule has 8 heteroatoms. The Morgan fingerprint density at radius 2 is 1.90 bits per heavy atom. The second-order valence-electron chi connectivity index (χ2n) is 6.71. The van der Waals surface area contributed by atoms with E-state index in [0.29, 0.717) is 23.3 Å². The minimum absolute atomic E-state index is 0.0659. The Morgan fingerprint density at radius 1 is 1.20 bits per heavy atom. The van der Waals surface area contributed by atoms with Gasteiger partial charge in [-0.05, 0) is 37.4 Å². The van der Waals surface area contributed by atoms with E-state index in [-0.39, 0.29) is 23.0 Å². The summed E-state index contributed by atoms with van der Waals surface area (Å²) in [6, 6.07) is 10.8. The first-order chi connectivity index (χ1) is 14.4. The van der Waals surface area contributed by atoms with Gasteiger partial charge in [-0.2, -0.15) is 0 Å². The van der Waals surface area contributed by atoms with E-state index < -0.39 is 5.82 Å². The zero-order chi connectivity index (χ0) is 21.8. The lowest BCUT2D eigenvalue weighted by atomic mass is 9.99. The molecule has 0 aliphatic heterocycles. The third-order valence-electron chi connectivity index (χ3n) is 4.96. The molecule has 0 spiro atoms. The van der Waals surface area contributed by atoms with E-state index >= 15 is 0 Å². The summed E-state index contributed by atoms with van der Waals surface area (Å²) >= 11 is 5.81. The van der Waals surface area contributed by atoms with Crippen LogP contribution in [0.15, 0.2) is 48.7 Å². The van der Waals surface area contributed by atoms with Crippen molar-refractivity contribution >= 4 is 40.0 Å². The van der Waals surface area contributed by atoms with Gasteiger partial charge >= 0.3 is 6.03 Å². The highest BCUT2D eigenvalue weighted by molar-refractivity contribution is 6.31. The molecule has 156 valence electrons. The summed E-state index contributed by atoms with van der Waals surface area (Å²) in [6.07, 6.45) is 1.63. The third-order valence-corrected chi connectivity index (χ3v) is 5.25. The summed E-state index contributed by atoms with van der Waals surface area (Å²) < 4.78 is 13.4. The number of benzene rings is 2. The van der Waals surface area contributed by atoms with Gasteiger partial charge in [0.25, 0.3) is 5.91 Å². The second-order valence-corrected chi connectivity index (χ2v) is 7.12. The van der Waals surface area contributed by atoms with Crippen molar-refractivity contribution in [3.8, 4) is 0 Å². The lowest BCUT2D eigenvalue weighted by Crippen LogP contribution is -2.37. The van der Waals surface area contributed by atoms with Crippen molar-refractivity contribution in [1.29, 1.82) is 0 Å². The highest BCUT2D eigenvalue weighted by Crippen LogP contribution is 2.30. The molecule has 0 fully saturated rings. The summed E-state index contributed by atoms with van der Waals surface area (Å²) in [7, 11) is 1.56. The van der Waals surface area contributed by atoms with Crippen LogP contribution in [0.1, 0.15) is 35.9 Å². The largest absolute Gasteiger partial charge is 0.354 e. The molecule has 0 saturated carbocycles. The Hall–Kier alpha value is -3.19. The van der Waals surface area contributed by atoms with Crippen LogP contribution < -0.4 is 10.6 Å². The zero-order valence-electron chi connectivity index (χ0n) is 16.9. The number of hydrogen-bond donors (Lipinski definition) is 2. The normalized spacial score (nSPS) is 11.8. The summed E-state index contributed by atoms with van der Waals surface area (Å²) in [6.45, 7) is 4.18. The lowest BCUT2D eigenvalue weighted by Gasteiger charge is -2.29. The number of pyridine rings is 1.